The van der Waals surface area contributed by atoms with Crippen LogP contribution in [0.1, 0.15) is 36.7 Å². The fourth-order valence-electron chi connectivity index (χ4n) is 2.55. The van der Waals surface area contributed by atoms with Crippen LogP contribution in [0.15, 0.2) is 54.6 Å². The van der Waals surface area contributed by atoms with E-state index in [0.29, 0.717) is 17.8 Å². The van der Waals surface area contributed by atoms with Crippen LogP contribution in [-0.2, 0) is 16.6 Å². The number of rotatable bonds is 8. The standard InChI is InChI=1S/C21H28N2O3S2/c1-21(2,3)27-15-14-22-20(24)18-12-10-17(11-13-18)16-23(28(4,25)26)19-8-6-5-7-9-19/h5-13H,14-16H2,1-4H3,(H,22,24). The maximum Gasteiger partial charge on any atom is 0.251 e. The first kappa shape index (κ1) is 22.3. The number of anilines is 1. The van der Waals surface area contributed by atoms with Gasteiger partial charge in [-0.05, 0) is 29.8 Å². The Kier molecular flexibility index (Phi) is 7.55. The Hall–Kier alpha value is -1.99. The molecule has 0 saturated heterocycles. The zero-order valence-electron chi connectivity index (χ0n) is 16.8. The molecule has 152 valence electrons. The molecule has 0 bridgehead atoms. The first-order chi connectivity index (χ1) is 13.1. The third-order valence-electron chi connectivity index (χ3n) is 3.91. The van der Waals surface area contributed by atoms with Crippen LogP contribution in [0.25, 0.3) is 0 Å². The molecule has 5 nitrogen and oxygen atoms in total. The number of amides is 1. The van der Waals surface area contributed by atoms with Gasteiger partial charge in [-0.2, -0.15) is 11.8 Å². The molecule has 0 aromatic heterocycles. The van der Waals surface area contributed by atoms with Crippen LogP contribution in [0.5, 0.6) is 0 Å². The lowest BCUT2D eigenvalue weighted by Crippen LogP contribution is -2.29. The highest BCUT2D eigenvalue weighted by molar-refractivity contribution is 8.00. The maximum absolute atomic E-state index is 12.3. The summed E-state index contributed by atoms with van der Waals surface area (Å²) in [5.74, 6) is 0.734. The number of benzene rings is 2. The minimum absolute atomic E-state index is 0.121. The fourth-order valence-corrected chi connectivity index (χ4v) is 4.25. The predicted octanol–water partition coefficient (Wildman–Crippen LogP) is 3.91. The van der Waals surface area contributed by atoms with E-state index in [4.69, 9.17) is 0 Å². The van der Waals surface area contributed by atoms with E-state index in [2.05, 4.69) is 26.1 Å². The van der Waals surface area contributed by atoms with Crippen molar-refractivity contribution < 1.29 is 13.2 Å². The van der Waals surface area contributed by atoms with Gasteiger partial charge in [0.1, 0.15) is 0 Å². The topological polar surface area (TPSA) is 66.5 Å². The van der Waals surface area contributed by atoms with Crippen molar-refractivity contribution in [3.05, 3.63) is 65.7 Å². The minimum atomic E-state index is -3.42. The molecule has 2 aromatic rings. The first-order valence-corrected chi connectivity index (χ1v) is 11.9. The Labute approximate surface area is 172 Å². The van der Waals surface area contributed by atoms with Gasteiger partial charge in [-0.25, -0.2) is 8.42 Å². The van der Waals surface area contributed by atoms with Crippen molar-refractivity contribution >= 4 is 33.4 Å². The van der Waals surface area contributed by atoms with Crippen molar-refractivity contribution in [1.82, 2.24) is 5.32 Å². The van der Waals surface area contributed by atoms with Gasteiger partial charge in [0.05, 0.1) is 18.5 Å². The molecular formula is C21H28N2O3S2. The molecule has 1 amide bonds. The molecule has 0 unspecified atom stereocenters. The van der Waals surface area contributed by atoms with Crippen LogP contribution < -0.4 is 9.62 Å². The van der Waals surface area contributed by atoms with Gasteiger partial charge in [-0.15, -0.1) is 0 Å². The monoisotopic (exact) mass is 420 g/mol. The Morgan fingerprint density at radius 3 is 2.18 bits per heavy atom. The fraction of sp³-hybridized carbons (Fsp3) is 0.381. The SMILES string of the molecule is CC(C)(C)SCCNC(=O)c1ccc(CN(c2ccccc2)S(C)(=O)=O)cc1. The normalized spacial score (nSPS) is 11.9. The Morgan fingerprint density at radius 2 is 1.64 bits per heavy atom. The second-order valence-electron chi connectivity index (χ2n) is 7.52. The van der Waals surface area contributed by atoms with E-state index < -0.39 is 10.0 Å². The van der Waals surface area contributed by atoms with Crippen LogP contribution in [0, 0.1) is 0 Å². The molecule has 0 atom stereocenters. The number of thioether (sulfide) groups is 1. The van der Waals surface area contributed by atoms with Gasteiger partial charge in [0.15, 0.2) is 0 Å². The van der Waals surface area contributed by atoms with Crippen LogP contribution in [0.4, 0.5) is 5.69 Å². The van der Waals surface area contributed by atoms with Crippen molar-refractivity contribution in [1.29, 1.82) is 0 Å². The Morgan fingerprint density at radius 1 is 1.04 bits per heavy atom. The van der Waals surface area contributed by atoms with Crippen molar-refractivity contribution in [3.8, 4) is 0 Å². The van der Waals surface area contributed by atoms with Gasteiger partial charge in [0.2, 0.25) is 10.0 Å². The smallest absolute Gasteiger partial charge is 0.251 e. The molecule has 7 heteroatoms. The molecule has 0 aliphatic heterocycles. The summed E-state index contributed by atoms with van der Waals surface area (Å²) in [6.45, 7) is 7.26. The van der Waals surface area contributed by atoms with Crippen LogP contribution in [0.3, 0.4) is 0 Å². The van der Waals surface area contributed by atoms with Gasteiger partial charge in [0.25, 0.3) is 5.91 Å². The van der Waals surface area contributed by atoms with Crippen molar-refractivity contribution in [2.45, 2.75) is 32.1 Å². The molecule has 0 fully saturated rings. The zero-order valence-corrected chi connectivity index (χ0v) is 18.4. The summed E-state index contributed by atoms with van der Waals surface area (Å²) in [7, 11) is -3.42. The largest absolute Gasteiger partial charge is 0.351 e. The summed E-state index contributed by atoms with van der Waals surface area (Å²) < 4.78 is 25.9. The number of hydrogen-bond donors (Lipinski definition) is 1. The first-order valence-electron chi connectivity index (χ1n) is 9.10. The second-order valence-corrected chi connectivity index (χ2v) is 11.3. The van der Waals surface area contributed by atoms with E-state index in [9.17, 15) is 13.2 Å². The third kappa shape index (κ3) is 7.20. The number of nitrogens with zero attached hydrogens (tertiary/aromatic N) is 1. The lowest BCUT2D eigenvalue weighted by atomic mass is 10.1. The lowest BCUT2D eigenvalue weighted by molar-refractivity contribution is 0.0956. The molecular weight excluding hydrogens is 392 g/mol. The number of carbonyl (C=O) groups is 1. The number of para-hydroxylation sites is 1. The Bertz CT molecular complexity index is 874. The van der Waals surface area contributed by atoms with E-state index in [1.807, 2.05) is 6.07 Å². The molecule has 2 aromatic carbocycles. The average molecular weight is 421 g/mol. The van der Waals surface area contributed by atoms with Crippen molar-refractivity contribution in [2.75, 3.05) is 22.9 Å². The molecule has 0 aliphatic carbocycles. The molecule has 2 rings (SSSR count). The molecule has 0 spiro atoms. The summed E-state index contributed by atoms with van der Waals surface area (Å²) in [5, 5.41) is 2.92. The van der Waals surface area contributed by atoms with Gasteiger partial charge < -0.3 is 5.32 Å². The molecule has 28 heavy (non-hydrogen) atoms. The minimum Gasteiger partial charge on any atom is -0.351 e. The molecule has 0 saturated carbocycles. The van der Waals surface area contributed by atoms with Crippen LogP contribution >= 0.6 is 11.8 Å². The van der Waals surface area contributed by atoms with Gasteiger partial charge >= 0.3 is 0 Å². The molecule has 0 aliphatic rings. The summed E-state index contributed by atoms with van der Waals surface area (Å²) in [4.78, 5) is 12.3. The van der Waals surface area contributed by atoms with Crippen molar-refractivity contribution in [2.24, 2.45) is 0 Å². The number of sulfonamides is 1. The summed E-state index contributed by atoms with van der Waals surface area (Å²) >= 11 is 1.80. The highest BCUT2D eigenvalue weighted by atomic mass is 32.2. The van der Waals surface area contributed by atoms with Gasteiger partial charge in [-0.1, -0.05) is 51.1 Å². The maximum atomic E-state index is 12.3. The lowest BCUT2D eigenvalue weighted by Gasteiger charge is -2.22. The van der Waals surface area contributed by atoms with Crippen molar-refractivity contribution in [3.63, 3.8) is 0 Å². The van der Waals surface area contributed by atoms with E-state index in [1.165, 1.54) is 10.6 Å². The predicted molar refractivity (Wildman–Crippen MR) is 118 cm³/mol. The Balaban J connectivity index is 2.00. The summed E-state index contributed by atoms with van der Waals surface area (Å²) in [6.07, 6.45) is 1.19. The molecule has 1 N–H and O–H groups in total. The van der Waals surface area contributed by atoms with E-state index in [1.54, 1.807) is 60.3 Å². The molecule has 0 heterocycles. The summed E-state index contributed by atoms with van der Waals surface area (Å²) in [6, 6.07) is 16.0. The highest BCUT2D eigenvalue weighted by Crippen LogP contribution is 2.22. The van der Waals surface area contributed by atoms with E-state index >= 15 is 0 Å². The molecule has 0 radical (unpaired) electrons. The average Bonchev–Trinajstić information content (AvgIpc) is 2.62. The number of hydrogen-bond acceptors (Lipinski definition) is 4. The third-order valence-corrected chi connectivity index (χ3v) is 6.32. The van der Waals surface area contributed by atoms with Gasteiger partial charge in [0, 0.05) is 22.6 Å². The van der Waals surface area contributed by atoms with Gasteiger partial charge in [-0.3, -0.25) is 9.10 Å². The van der Waals surface area contributed by atoms with Crippen LogP contribution in [0.2, 0.25) is 0 Å². The number of nitrogens with one attached hydrogen (secondary N) is 1. The highest BCUT2D eigenvalue weighted by Gasteiger charge is 2.18. The van der Waals surface area contributed by atoms with E-state index in [-0.39, 0.29) is 17.2 Å². The summed E-state index contributed by atoms with van der Waals surface area (Å²) in [5.41, 5.74) is 1.99. The zero-order chi connectivity index (χ0) is 20.8. The van der Waals surface area contributed by atoms with Crippen LogP contribution in [-0.4, -0.2) is 37.6 Å². The van der Waals surface area contributed by atoms with E-state index in [0.717, 1.165) is 11.3 Å². The quantitative estimate of drug-likeness (QED) is 0.658. The number of carbonyl (C=O) groups excluding carboxylic acids is 1. The second kappa shape index (κ2) is 9.47.